The predicted octanol–water partition coefficient (Wildman–Crippen LogP) is 7.39. The van der Waals surface area contributed by atoms with Crippen LogP contribution in [0.15, 0.2) is 65.8 Å². The number of aliphatic imine (C=N–C) groups is 1. The van der Waals surface area contributed by atoms with Crippen molar-refractivity contribution in [3.05, 3.63) is 94.7 Å². The van der Waals surface area contributed by atoms with Crippen LogP contribution in [0.5, 0.6) is 0 Å². The zero-order valence-electron chi connectivity index (χ0n) is 26.9. The Hall–Kier alpha value is -4.25. The number of nitrogens with one attached hydrogen (secondary N) is 2. The summed E-state index contributed by atoms with van der Waals surface area (Å²) in [7, 11) is 0. The lowest BCUT2D eigenvalue weighted by molar-refractivity contribution is 0.0755. The minimum absolute atomic E-state index is 0.0996. The third-order valence-electron chi connectivity index (χ3n) is 6.78. The van der Waals surface area contributed by atoms with Crippen LogP contribution >= 0.6 is 0 Å². The maximum Gasteiger partial charge on any atom is 0.253 e. The lowest BCUT2D eigenvalue weighted by Gasteiger charge is -2.22. The molecule has 0 aliphatic carbocycles. The van der Waals surface area contributed by atoms with Crippen molar-refractivity contribution in [1.82, 2.24) is 15.5 Å². The van der Waals surface area contributed by atoms with Gasteiger partial charge in [-0.1, -0.05) is 32.9 Å². The molecule has 2 amide bonds. The lowest BCUT2D eigenvalue weighted by atomic mass is 10.00. The summed E-state index contributed by atoms with van der Waals surface area (Å²) in [6, 6.07) is 8.16. The topological polar surface area (TPSA) is 73.8 Å². The van der Waals surface area contributed by atoms with Gasteiger partial charge in [0, 0.05) is 42.9 Å². The molecule has 0 heterocycles. The number of amides is 2. The Labute approximate surface area is 262 Å². The van der Waals surface area contributed by atoms with E-state index in [0.717, 1.165) is 30.9 Å². The van der Waals surface area contributed by atoms with E-state index in [4.69, 9.17) is 0 Å². The molecule has 8 heteroatoms. The third-order valence-corrected chi connectivity index (χ3v) is 6.78. The Kier molecular flexibility index (Phi) is 17.7. The number of amidine groups is 1. The molecule has 2 aromatic rings. The summed E-state index contributed by atoms with van der Waals surface area (Å²) in [5.74, 6) is -1.07. The molecule has 0 bridgehead atoms. The van der Waals surface area contributed by atoms with E-state index in [2.05, 4.69) is 42.0 Å². The predicted molar refractivity (Wildman–Crippen MR) is 178 cm³/mol. The SMILES string of the molecule is C#C.C=CNC(/C=C(\C)CC)=NCCCC(Cc1cc(F)cc(F)c1)NC(=O)c1cc(C)cc(C(=O)N(CCC)CCC)c1. The fourth-order valence-electron chi connectivity index (χ4n) is 4.69. The van der Waals surface area contributed by atoms with E-state index in [1.807, 2.05) is 38.7 Å². The Morgan fingerprint density at radius 2 is 1.61 bits per heavy atom. The van der Waals surface area contributed by atoms with Gasteiger partial charge in [0.2, 0.25) is 0 Å². The number of terminal acetylenes is 1. The minimum Gasteiger partial charge on any atom is -0.349 e. The van der Waals surface area contributed by atoms with Crippen LogP contribution in [0.25, 0.3) is 0 Å². The van der Waals surface area contributed by atoms with Gasteiger partial charge >= 0.3 is 0 Å². The number of hydrogen-bond donors (Lipinski definition) is 2. The second-order valence-corrected chi connectivity index (χ2v) is 10.6. The van der Waals surface area contributed by atoms with Crippen LogP contribution in [-0.2, 0) is 6.42 Å². The molecule has 6 nitrogen and oxygen atoms in total. The van der Waals surface area contributed by atoms with Crippen LogP contribution in [0.3, 0.4) is 0 Å². The minimum atomic E-state index is -0.663. The summed E-state index contributed by atoms with van der Waals surface area (Å²) in [4.78, 5) is 33.1. The quantitative estimate of drug-likeness (QED) is 0.0906. The van der Waals surface area contributed by atoms with Crippen molar-refractivity contribution in [2.75, 3.05) is 19.6 Å². The lowest BCUT2D eigenvalue weighted by Crippen LogP contribution is -2.37. The van der Waals surface area contributed by atoms with E-state index in [-0.39, 0.29) is 18.2 Å². The number of benzene rings is 2. The summed E-state index contributed by atoms with van der Waals surface area (Å²) in [6.07, 6.45) is 15.5. The molecule has 0 aliphatic rings. The van der Waals surface area contributed by atoms with Crippen molar-refractivity contribution in [3.8, 4) is 12.8 Å². The summed E-state index contributed by atoms with van der Waals surface area (Å²) >= 11 is 0. The number of allylic oxidation sites excluding steroid dienone is 1. The van der Waals surface area contributed by atoms with Crippen LogP contribution in [0.1, 0.15) is 91.6 Å². The first-order valence-corrected chi connectivity index (χ1v) is 15.2. The molecule has 0 spiro atoms. The molecule has 0 aromatic heterocycles. The highest BCUT2D eigenvalue weighted by Crippen LogP contribution is 2.16. The van der Waals surface area contributed by atoms with E-state index >= 15 is 0 Å². The van der Waals surface area contributed by atoms with Crippen LogP contribution in [-0.4, -0.2) is 48.2 Å². The summed E-state index contributed by atoms with van der Waals surface area (Å²) in [5, 5.41) is 6.09. The number of rotatable bonds is 16. The fraction of sp³-hybridized carbons (Fsp3) is 0.417. The molecule has 238 valence electrons. The smallest absolute Gasteiger partial charge is 0.253 e. The molecule has 44 heavy (non-hydrogen) atoms. The van der Waals surface area contributed by atoms with Gasteiger partial charge in [-0.3, -0.25) is 14.6 Å². The van der Waals surface area contributed by atoms with Crippen molar-refractivity contribution in [2.24, 2.45) is 4.99 Å². The molecule has 0 fully saturated rings. The van der Waals surface area contributed by atoms with E-state index in [0.29, 0.717) is 55.0 Å². The third kappa shape index (κ3) is 13.4. The number of nitrogens with zero attached hydrogens (tertiary/aromatic N) is 2. The van der Waals surface area contributed by atoms with Crippen molar-refractivity contribution in [2.45, 2.75) is 79.2 Å². The molecule has 1 unspecified atom stereocenters. The molecular weight excluding hydrogens is 558 g/mol. The number of carbonyl (C=O) groups is 2. The zero-order valence-corrected chi connectivity index (χ0v) is 26.9. The summed E-state index contributed by atoms with van der Waals surface area (Å²) < 4.78 is 27.9. The first-order valence-electron chi connectivity index (χ1n) is 15.2. The van der Waals surface area contributed by atoms with Gasteiger partial charge in [0.15, 0.2) is 0 Å². The fourth-order valence-corrected chi connectivity index (χ4v) is 4.69. The van der Waals surface area contributed by atoms with Crippen LogP contribution in [0.2, 0.25) is 0 Å². The zero-order chi connectivity index (χ0) is 33.1. The van der Waals surface area contributed by atoms with Gasteiger partial charge in [0.25, 0.3) is 11.8 Å². The summed E-state index contributed by atoms with van der Waals surface area (Å²) in [5.41, 5.74) is 3.27. The van der Waals surface area contributed by atoms with Gasteiger partial charge in [-0.2, -0.15) is 0 Å². The van der Waals surface area contributed by atoms with Gasteiger partial charge in [-0.25, -0.2) is 8.78 Å². The van der Waals surface area contributed by atoms with Crippen LogP contribution in [0.4, 0.5) is 8.78 Å². The monoisotopic (exact) mass is 606 g/mol. The van der Waals surface area contributed by atoms with Gasteiger partial charge in [0.1, 0.15) is 17.5 Å². The number of aryl methyl sites for hydroxylation is 1. The molecule has 0 saturated heterocycles. The second kappa shape index (κ2) is 20.6. The number of halogens is 2. The molecule has 0 saturated carbocycles. The Morgan fingerprint density at radius 1 is 1.00 bits per heavy atom. The Bertz CT molecular complexity index is 1290. The number of carbonyl (C=O) groups excluding carboxylic acids is 2. The van der Waals surface area contributed by atoms with Gasteiger partial charge in [0.05, 0.1) is 0 Å². The average molecular weight is 607 g/mol. The molecule has 2 rings (SSSR count). The highest BCUT2D eigenvalue weighted by atomic mass is 19.1. The first-order chi connectivity index (χ1) is 21.1. The molecule has 0 radical (unpaired) electrons. The van der Waals surface area contributed by atoms with Gasteiger partial charge in [-0.15, -0.1) is 12.8 Å². The second-order valence-electron chi connectivity index (χ2n) is 10.6. The molecule has 2 aromatic carbocycles. The highest BCUT2D eigenvalue weighted by molar-refractivity contribution is 6.00. The van der Waals surface area contributed by atoms with E-state index in [1.54, 1.807) is 24.4 Å². The van der Waals surface area contributed by atoms with Gasteiger partial charge in [-0.05, 0) is 106 Å². The highest BCUT2D eigenvalue weighted by Gasteiger charge is 2.20. The summed E-state index contributed by atoms with van der Waals surface area (Å²) in [6.45, 7) is 15.5. The maximum atomic E-state index is 13.9. The van der Waals surface area contributed by atoms with Crippen molar-refractivity contribution in [1.29, 1.82) is 0 Å². The standard InChI is InChI=1S/C34H46F2N4O2.C2H2/c1-7-14-40(15-8-2)34(42)28-17-25(6)16-27(22-28)33(41)39-31(21-26-19-29(35)23-30(36)20-26)12-11-13-38-32(37-10-4)18-24(5)9-3;1-2/h10,16-20,22-23,31H,4,7-9,11-15,21H2,1-3,5-6H3,(H,37,38)(H,39,41);1-2H/b24-18+;. The van der Waals surface area contributed by atoms with Crippen LogP contribution < -0.4 is 10.6 Å². The molecular formula is C36H48F2N4O2. The molecule has 1 atom stereocenters. The molecule has 0 aliphatic heterocycles. The number of hydrogen-bond acceptors (Lipinski definition) is 3. The van der Waals surface area contributed by atoms with E-state index in [1.165, 1.54) is 17.7 Å². The Morgan fingerprint density at radius 3 is 2.18 bits per heavy atom. The first kappa shape index (κ1) is 37.8. The molecule has 2 N–H and O–H groups in total. The van der Waals surface area contributed by atoms with Crippen molar-refractivity contribution < 1.29 is 18.4 Å². The normalized spacial score (nSPS) is 12.0. The maximum absolute atomic E-state index is 13.9. The van der Waals surface area contributed by atoms with Crippen LogP contribution in [0, 0.1) is 31.4 Å². The van der Waals surface area contributed by atoms with Crippen molar-refractivity contribution >= 4 is 17.6 Å². The van der Waals surface area contributed by atoms with E-state index < -0.39 is 17.7 Å². The van der Waals surface area contributed by atoms with Gasteiger partial charge < -0.3 is 15.5 Å². The largest absolute Gasteiger partial charge is 0.349 e. The van der Waals surface area contributed by atoms with Crippen molar-refractivity contribution in [3.63, 3.8) is 0 Å². The average Bonchev–Trinajstić information content (AvgIpc) is 2.98. The van der Waals surface area contributed by atoms with E-state index in [9.17, 15) is 18.4 Å². The Balaban J connectivity index is 0.00000474.